The molecule has 2 aliphatic rings. The van der Waals surface area contributed by atoms with E-state index in [1.165, 1.54) is 25.6 Å². The van der Waals surface area contributed by atoms with Gasteiger partial charge in [0.25, 0.3) is 0 Å². The topological polar surface area (TPSA) is 80.9 Å². The third kappa shape index (κ3) is 6.00. The van der Waals surface area contributed by atoms with Gasteiger partial charge in [0, 0.05) is 30.2 Å². The van der Waals surface area contributed by atoms with Crippen molar-refractivity contribution in [1.29, 1.82) is 0 Å². The van der Waals surface area contributed by atoms with Crippen molar-refractivity contribution in [3.8, 4) is 0 Å². The second kappa shape index (κ2) is 11.4. The van der Waals surface area contributed by atoms with E-state index in [-0.39, 0.29) is 5.91 Å². The Balaban J connectivity index is 0.000000205. The highest BCUT2D eigenvalue weighted by Gasteiger charge is 2.19. The second-order valence-corrected chi connectivity index (χ2v) is 7.46. The van der Waals surface area contributed by atoms with Crippen LogP contribution >= 0.6 is 0 Å². The summed E-state index contributed by atoms with van der Waals surface area (Å²) in [7, 11) is 0. The Morgan fingerprint density at radius 1 is 1.00 bits per heavy atom. The molecule has 1 amide bonds. The Labute approximate surface area is 184 Å². The van der Waals surface area contributed by atoms with E-state index in [1.807, 2.05) is 26.8 Å². The SMILES string of the molecule is CC.CCc1cc(CCc2ncnc3c2CCC(=O)N3)on1.c1ccc2c(c1)CCC2. The van der Waals surface area contributed by atoms with Crippen LogP contribution < -0.4 is 5.32 Å². The van der Waals surface area contributed by atoms with E-state index in [2.05, 4.69) is 44.7 Å². The molecule has 0 radical (unpaired) electrons. The normalized spacial score (nSPS) is 13.7. The molecule has 0 bridgehead atoms. The predicted octanol–water partition coefficient (Wildman–Crippen LogP) is 4.90. The van der Waals surface area contributed by atoms with Gasteiger partial charge in [0.15, 0.2) is 0 Å². The van der Waals surface area contributed by atoms with E-state index in [4.69, 9.17) is 4.52 Å². The molecule has 6 heteroatoms. The van der Waals surface area contributed by atoms with Gasteiger partial charge in [0.1, 0.15) is 17.9 Å². The Morgan fingerprint density at radius 2 is 1.74 bits per heavy atom. The van der Waals surface area contributed by atoms with E-state index >= 15 is 0 Å². The number of aromatic nitrogens is 3. The third-order valence-electron chi connectivity index (χ3n) is 5.48. The number of fused-ring (bicyclic) bond motifs is 2. The smallest absolute Gasteiger partial charge is 0.225 e. The molecule has 1 aliphatic carbocycles. The van der Waals surface area contributed by atoms with Gasteiger partial charge in [-0.05, 0) is 49.7 Å². The fourth-order valence-electron chi connectivity index (χ4n) is 3.86. The Morgan fingerprint density at radius 3 is 2.42 bits per heavy atom. The number of anilines is 1. The number of rotatable bonds is 4. The summed E-state index contributed by atoms with van der Waals surface area (Å²) in [4.78, 5) is 19.8. The van der Waals surface area contributed by atoms with Crippen LogP contribution in [0.3, 0.4) is 0 Å². The molecule has 164 valence electrons. The van der Waals surface area contributed by atoms with Gasteiger partial charge < -0.3 is 9.84 Å². The summed E-state index contributed by atoms with van der Waals surface area (Å²) in [6.45, 7) is 6.05. The summed E-state index contributed by atoms with van der Waals surface area (Å²) in [5.41, 5.74) is 6.12. The zero-order valence-electron chi connectivity index (χ0n) is 18.8. The zero-order valence-corrected chi connectivity index (χ0v) is 18.8. The van der Waals surface area contributed by atoms with Crippen LogP contribution in [-0.2, 0) is 43.3 Å². The summed E-state index contributed by atoms with van der Waals surface area (Å²) >= 11 is 0. The van der Waals surface area contributed by atoms with Crippen LogP contribution in [-0.4, -0.2) is 21.0 Å². The number of benzene rings is 1. The standard InChI is InChI=1S/C14H16N4O2.C9H10.C2H6/c1-2-9-7-10(20-18-9)3-5-12-11-4-6-13(19)17-14(11)16-8-15-12;1-2-5-9-7-3-6-8(9)4-1;1-2/h7-8H,2-6H2,1H3,(H,15,16,17,19);1-2,4-5H,3,6-7H2;1-2H3. The summed E-state index contributed by atoms with van der Waals surface area (Å²) in [5.74, 6) is 1.54. The van der Waals surface area contributed by atoms with Gasteiger partial charge in [-0.1, -0.05) is 50.2 Å². The van der Waals surface area contributed by atoms with Gasteiger partial charge in [0.2, 0.25) is 5.91 Å². The average Bonchev–Trinajstić information content (AvgIpc) is 3.48. The molecule has 0 atom stereocenters. The monoisotopic (exact) mass is 420 g/mol. The van der Waals surface area contributed by atoms with Gasteiger partial charge in [-0.2, -0.15) is 0 Å². The Bertz CT molecular complexity index is 974. The van der Waals surface area contributed by atoms with Crippen LogP contribution in [0, 0.1) is 0 Å². The third-order valence-corrected chi connectivity index (χ3v) is 5.48. The van der Waals surface area contributed by atoms with Crippen molar-refractivity contribution < 1.29 is 9.32 Å². The van der Waals surface area contributed by atoms with Crippen LogP contribution in [0.1, 0.15) is 67.5 Å². The van der Waals surface area contributed by atoms with E-state index in [0.29, 0.717) is 18.7 Å². The number of amides is 1. The minimum absolute atomic E-state index is 0.0185. The van der Waals surface area contributed by atoms with E-state index < -0.39 is 0 Å². The highest BCUT2D eigenvalue weighted by molar-refractivity contribution is 5.92. The first-order valence-electron chi connectivity index (χ1n) is 11.4. The first kappa shape index (κ1) is 22.7. The van der Waals surface area contributed by atoms with Crippen molar-refractivity contribution in [3.63, 3.8) is 0 Å². The molecule has 31 heavy (non-hydrogen) atoms. The van der Waals surface area contributed by atoms with Crippen LogP contribution in [0.25, 0.3) is 0 Å². The minimum atomic E-state index is 0.0185. The molecule has 1 aromatic carbocycles. The van der Waals surface area contributed by atoms with Gasteiger partial charge in [-0.15, -0.1) is 0 Å². The predicted molar refractivity (Wildman–Crippen MR) is 122 cm³/mol. The summed E-state index contributed by atoms with van der Waals surface area (Å²) in [5, 5.41) is 6.77. The molecule has 0 spiro atoms. The van der Waals surface area contributed by atoms with Gasteiger partial charge in [-0.25, -0.2) is 9.97 Å². The average molecular weight is 421 g/mol. The van der Waals surface area contributed by atoms with Crippen molar-refractivity contribution in [2.45, 2.75) is 72.1 Å². The van der Waals surface area contributed by atoms with Crippen molar-refractivity contribution in [2.24, 2.45) is 0 Å². The first-order valence-corrected chi connectivity index (χ1v) is 11.4. The van der Waals surface area contributed by atoms with Crippen LogP contribution in [0.5, 0.6) is 0 Å². The summed E-state index contributed by atoms with van der Waals surface area (Å²) < 4.78 is 5.28. The molecular formula is C25H32N4O2. The second-order valence-electron chi connectivity index (χ2n) is 7.46. The zero-order chi connectivity index (χ0) is 22.1. The van der Waals surface area contributed by atoms with Gasteiger partial charge in [-0.3, -0.25) is 4.79 Å². The molecular weight excluding hydrogens is 388 g/mol. The molecule has 6 nitrogen and oxygen atoms in total. The molecule has 3 heterocycles. The first-order chi connectivity index (χ1) is 15.2. The highest BCUT2D eigenvalue weighted by Crippen LogP contribution is 2.23. The Kier molecular flexibility index (Phi) is 8.33. The largest absolute Gasteiger partial charge is 0.361 e. The number of hydrogen-bond donors (Lipinski definition) is 1. The van der Waals surface area contributed by atoms with Crippen LogP contribution in [0.2, 0.25) is 0 Å². The number of aryl methyl sites for hydroxylation is 5. The van der Waals surface area contributed by atoms with Gasteiger partial charge >= 0.3 is 0 Å². The molecule has 0 saturated carbocycles. The van der Waals surface area contributed by atoms with Gasteiger partial charge in [0.05, 0.1) is 5.69 Å². The number of carbonyl (C=O) groups is 1. The maximum absolute atomic E-state index is 11.4. The maximum Gasteiger partial charge on any atom is 0.225 e. The summed E-state index contributed by atoms with van der Waals surface area (Å²) in [6.07, 6.45) is 9.05. The van der Waals surface area contributed by atoms with Crippen molar-refractivity contribution >= 4 is 11.7 Å². The lowest BCUT2D eigenvalue weighted by Gasteiger charge is -2.17. The molecule has 0 fully saturated rings. The van der Waals surface area contributed by atoms with Crippen LogP contribution in [0.15, 0.2) is 41.2 Å². The molecule has 3 aromatic rings. The molecule has 0 saturated heterocycles. The van der Waals surface area contributed by atoms with Crippen molar-refractivity contribution in [3.05, 3.63) is 70.5 Å². The molecule has 2 aromatic heterocycles. The fraction of sp³-hybridized carbons (Fsp3) is 0.440. The fourth-order valence-corrected chi connectivity index (χ4v) is 3.86. The number of nitrogens with one attached hydrogen (secondary N) is 1. The quantitative estimate of drug-likeness (QED) is 0.649. The van der Waals surface area contributed by atoms with Crippen molar-refractivity contribution in [2.75, 3.05) is 5.32 Å². The lowest BCUT2D eigenvalue weighted by molar-refractivity contribution is -0.116. The Hall–Kier alpha value is -3.02. The minimum Gasteiger partial charge on any atom is -0.361 e. The number of nitrogens with zero attached hydrogens (tertiary/aromatic N) is 3. The van der Waals surface area contributed by atoms with E-state index in [0.717, 1.165) is 42.0 Å². The number of carbonyl (C=O) groups excluding carboxylic acids is 1. The molecule has 1 aliphatic heterocycles. The van der Waals surface area contributed by atoms with Crippen molar-refractivity contribution in [1.82, 2.24) is 15.1 Å². The maximum atomic E-state index is 11.4. The lowest BCUT2D eigenvalue weighted by atomic mass is 10.0. The lowest BCUT2D eigenvalue weighted by Crippen LogP contribution is -2.22. The molecule has 1 N–H and O–H groups in total. The van der Waals surface area contributed by atoms with E-state index in [9.17, 15) is 4.79 Å². The van der Waals surface area contributed by atoms with Crippen LogP contribution in [0.4, 0.5) is 5.82 Å². The molecule has 0 unspecified atom stereocenters. The molecule has 5 rings (SSSR count). The number of hydrogen-bond acceptors (Lipinski definition) is 5. The van der Waals surface area contributed by atoms with E-state index in [1.54, 1.807) is 11.1 Å². The summed E-state index contributed by atoms with van der Waals surface area (Å²) in [6, 6.07) is 10.7. The highest BCUT2D eigenvalue weighted by atomic mass is 16.5.